The Labute approximate surface area is 125 Å². The lowest BCUT2D eigenvalue weighted by Crippen LogP contribution is -2.36. The molecular formula is C15H15NO4S. The average Bonchev–Trinajstić information content (AvgIpc) is 3.03. The van der Waals surface area contributed by atoms with E-state index in [-0.39, 0.29) is 18.1 Å². The topological polar surface area (TPSA) is 70.7 Å². The molecule has 0 radical (unpaired) electrons. The van der Waals surface area contributed by atoms with Crippen LogP contribution in [0, 0.1) is 6.92 Å². The van der Waals surface area contributed by atoms with Gasteiger partial charge in [0.15, 0.2) is 0 Å². The number of furan rings is 1. The van der Waals surface area contributed by atoms with Gasteiger partial charge in [0.25, 0.3) is 5.91 Å². The van der Waals surface area contributed by atoms with E-state index < -0.39 is 5.97 Å². The van der Waals surface area contributed by atoms with Crippen molar-refractivity contribution in [1.82, 2.24) is 4.90 Å². The van der Waals surface area contributed by atoms with Crippen LogP contribution in [0.2, 0.25) is 0 Å². The Morgan fingerprint density at radius 2 is 2.29 bits per heavy atom. The second kappa shape index (κ2) is 5.37. The van der Waals surface area contributed by atoms with Crippen molar-refractivity contribution in [2.24, 2.45) is 0 Å². The molecule has 0 aromatic carbocycles. The summed E-state index contributed by atoms with van der Waals surface area (Å²) >= 11 is 1.72. The summed E-state index contributed by atoms with van der Waals surface area (Å²) in [6.45, 7) is 3.00. The molecule has 6 heteroatoms. The van der Waals surface area contributed by atoms with Crippen molar-refractivity contribution >= 4 is 23.2 Å². The molecule has 1 aliphatic heterocycles. The van der Waals surface area contributed by atoms with E-state index in [9.17, 15) is 9.59 Å². The van der Waals surface area contributed by atoms with Crippen LogP contribution < -0.4 is 0 Å². The van der Waals surface area contributed by atoms with Gasteiger partial charge in [-0.05, 0) is 30.4 Å². The summed E-state index contributed by atoms with van der Waals surface area (Å²) in [5.74, 6) is -0.910. The fraction of sp³-hybridized carbons (Fsp3) is 0.333. The summed E-state index contributed by atoms with van der Waals surface area (Å²) in [6, 6.07) is 2.04. The van der Waals surface area contributed by atoms with E-state index in [0.717, 1.165) is 6.42 Å². The molecule has 0 atom stereocenters. The van der Waals surface area contributed by atoms with Crippen molar-refractivity contribution < 1.29 is 19.1 Å². The van der Waals surface area contributed by atoms with Gasteiger partial charge in [-0.2, -0.15) is 0 Å². The highest BCUT2D eigenvalue weighted by molar-refractivity contribution is 7.10. The summed E-state index contributed by atoms with van der Waals surface area (Å²) < 4.78 is 5.25. The first-order chi connectivity index (χ1) is 10.1. The van der Waals surface area contributed by atoms with Crippen LogP contribution in [0.1, 0.15) is 32.1 Å². The lowest BCUT2D eigenvalue weighted by atomic mass is 10.1. The molecule has 0 saturated carbocycles. The number of hydrogen-bond acceptors (Lipinski definition) is 4. The smallest absolute Gasteiger partial charge is 0.311 e. The highest BCUT2D eigenvalue weighted by atomic mass is 32.1. The van der Waals surface area contributed by atoms with Crippen molar-refractivity contribution in [2.45, 2.75) is 26.3 Å². The monoisotopic (exact) mass is 305 g/mol. The lowest BCUT2D eigenvalue weighted by Gasteiger charge is -2.27. The van der Waals surface area contributed by atoms with Crippen molar-refractivity contribution in [1.29, 1.82) is 0 Å². The summed E-state index contributed by atoms with van der Waals surface area (Å²) in [6.07, 6.45) is 2.03. The molecule has 0 spiro atoms. The van der Waals surface area contributed by atoms with Gasteiger partial charge in [0.1, 0.15) is 12.2 Å². The predicted octanol–water partition coefficient (Wildman–Crippen LogP) is 2.48. The van der Waals surface area contributed by atoms with Gasteiger partial charge in [-0.1, -0.05) is 0 Å². The second-order valence-electron chi connectivity index (χ2n) is 5.13. The van der Waals surface area contributed by atoms with Crippen molar-refractivity contribution in [2.75, 3.05) is 6.54 Å². The quantitative estimate of drug-likeness (QED) is 0.945. The third-order valence-corrected chi connectivity index (χ3v) is 4.69. The first kappa shape index (κ1) is 13.9. The molecule has 1 amide bonds. The minimum Gasteiger partial charge on any atom is -0.481 e. The summed E-state index contributed by atoms with van der Waals surface area (Å²) in [5.41, 5.74) is 2.27. The molecular weight excluding hydrogens is 290 g/mol. The van der Waals surface area contributed by atoms with E-state index in [4.69, 9.17) is 9.52 Å². The lowest BCUT2D eigenvalue weighted by molar-refractivity contribution is -0.136. The van der Waals surface area contributed by atoms with Gasteiger partial charge in [-0.15, -0.1) is 11.3 Å². The highest BCUT2D eigenvalue weighted by Gasteiger charge is 2.27. The van der Waals surface area contributed by atoms with Crippen LogP contribution in [0.15, 0.2) is 22.1 Å². The number of carboxylic acid groups (broad SMARTS) is 1. The molecule has 0 unspecified atom stereocenters. The standard InChI is InChI=1S/C15H15NO4S/c1-9-8-20-11(6-13(17)18)14(9)15(19)16-4-2-12-10(7-16)3-5-21-12/h3,5,8H,2,4,6-7H2,1H3,(H,17,18). The normalized spacial score (nSPS) is 14.0. The Morgan fingerprint density at radius 1 is 1.48 bits per heavy atom. The molecule has 0 aliphatic carbocycles. The van der Waals surface area contributed by atoms with Crippen LogP contribution in [0.4, 0.5) is 0 Å². The fourth-order valence-corrected chi connectivity index (χ4v) is 3.52. The van der Waals surface area contributed by atoms with Gasteiger partial charge in [0, 0.05) is 23.5 Å². The Bertz CT molecular complexity index is 700. The van der Waals surface area contributed by atoms with Gasteiger partial charge < -0.3 is 14.4 Å². The van der Waals surface area contributed by atoms with Crippen LogP contribution in [0.3, 0.4) is 0 Å². The van der Waals surface area contributed by atoms with Crippen molar-refractivity contribution in [3.8, 4) is 0 Å². The van der Waals surface area contributed by atoms with E-state index in [2.05, 4.69) is 0 Å². The zero-order valence-electron chi connectivity index (χ0n) is 11.6. The fourth-order valence-electron chi connectivity index (χ4n) is 2.63. The van der Waals surface area contributed by atoms with Gasteiger partial charge in [-0.25, -0.2) is 0 Å². The Morgan fingerprint density at radius 3 is 3.05 bits per heavy atom. The molecule has 5 nitrogen and oxygen atoms in total. The van der Waals surface area contributed by atoms with Gasteiger partial charge in [0.05, 0.1) is 11.8 Å². The minimum atomic E-state index is -1.00. The molecule has 1 N–H and O–H groups in total. The van der Waals surface area contributed by atoms with E-state index >= 15 is 0 Å². The molecule has 1 aliphatic rings. The first-order valence-electron chi connectivity index (χ1n) is 6.69. The molecule has 2 aromatic rings. The van der Waals surface area contributed by atoms with E-state index in [1.165, 1.54) is 16.7 Å². The van der Waals surface area contributed by atoms with E-state index in [0.29, 0.717) is 24.2 Å². The minimum absolute atomic E-state index is 0.144. The molecule has 110 valence electrons. The van der Waals surface area contributed by atoms with E-state index in [1.54, 1.807) is 23.2 Å². The van der Waals surface area contributed by atoms with Crippen LogP contribution in [0.25, 0.3) is 0 Å². The zero-order chi connectivity index (χ0) is 15.0. The molecule has 0 bridgehead atoms. The summed E-state index contributed by atoms with van der Waals surface area (Å²) in [4.78, 5) is 26.7. The van der Waals surface area contributed by atoms with Gasteiger partial charge in [0.2, 0.25) is 0 Å². The van der Waals surface area contributed by atoms with Crippen LogP contribution in [0.5, 0.6) is 0 Å². The van der Waals surface area contributed by atoms with E-state index in [1.807, 2.05) is 11.4 Å². The highest BCUT2D eigenvalue weighted by Crippen LogP contribution is 2.27. The number of nitrogens with zero attached hydrogens (tertiary/aromatic N) is 1. The number of fused-ring (bicyclic) bond motifs is 1. The number of carbonyl (C=O) groups excluding carboxylic acids is 1. The SMILES string of the molecule is Cc1coc(CC(=O)O)c1C(=O)N1CCc2sccc2C1. The second-order valence-corrected chi connectivity index (χ2v) is 6.13. The Hall–Kier alpha value is -2.08. The third-order valence-electron chi connectivity index (χ3n) is 3.67. The molecule has 2 aromatic heterocycles. The zero-order valence-corrected chi connectivity index (χ0v) is 12.4. The Kier molecular flexibility index (Phi) is 3.55. The van der Waals surface area contributed by atoms with Crippen LogP contribution >= 0.6 is 11.3 Å². The maximum absolute atomic E-state index is 12.7. The largest absolute Gasteiger partial charge is 0.481 e. The number of thiophene rings is 1. The number of carbonyl (C=O) groups is 2. The van der Waals surface area contributed by atoms with Crippen LogP contribution in [-0.4, -0.2) is 28.4 Å². The van der Waals surface area contributed by atoms with Gasteiger partial charge >= 0.3 is 5.97 Å². The van der Waals surface area contributed by atoms with Gasteiger partial charge in [-0.3, -0.25) is 9.59 Å². The third kappa shape index (κ3) is 2.58. The predicted molar refractivity (Wildman–Crippen MR) is 77.5 cm³/mol. The number of aryl methyl sites for hydroxylation is 1. The maximum atomic E-state index is 12.7. The molecule has 0 saturated heterocycles. The van der Waals surface area contributed by atoms with Crippen molar-refractivity contribution in [3.63, 3.8) is 0 Å². The summed E-state index contributed by atoms with van der Waals surface area (Å²) in [7, 11) is 0. The van der Waals surface area contributed by atoms with Crippen molar-refractivity contribution in [3.05, 3.63) is 45.0 Å². The first-order valence-corrected chi connectivity index (χ1v) is 7.57. The maximum Gasteiger partial charge on any atom is 0.311 e. The number of rotatable bonds is 3. The summed E-state index contributed by atoms with van der Waals surface area (Å²) in [5, 5.41) is 11.0. The average molecular weight is 305 g/mol. The molecule has 3 rings (SSSR count). The van der Waals surface area contributed by atoms with Crippen LogP contribution in [-0.2, 0) is 24.2 Å². The molecule has 3 heterocycles. The number of hydrogen-bond donors (Lipinski definition) is 1. The Balaban J connectivity index is 1.86. The number of carboxylic acids is 1. The molecule has 0 fully saturated rings. The number of aliphatic carboxylic acids is 1. The molecule has 21 heavy (non-hydrogen) atoms. The number of amides is 1.